The van der Waals surface area contributed by atoms with Crippen molar-refractivity contribution in [3.8, 4) is 0 Å². The van der Waals surface area contributed by atoms with Crippen LogP contribution in [0.2, 0.25) is 0 Å². The molecule has 0 aromatic rings. The van der Waals surface area contributed by atoms with Crippen molar-refractivity contribution < 1.29 is 10.2 Å². The van der Waals surface area contributed by atoms with Crippen LogP contribution in [0.4, 0.5) is 0 Å². The van der Waals surface area contributed by atoms with E-state index in [-0.39, 0.29) is 37.8 Å². The molecule has 0 aliphatic carbocycles. The minimum absolute atomic E-state index is 0. The highest BCUT2D eigenvalue weighted by Gasteiger charge is 1.34. The molecule has 0 radical (unpaired) electrons. The van der Waals surface area contributed by atoms with Crippen molar-refractivity contribution in [1.29, 1.82) is 0 Å². The van der Waals surface area contributed by atoms with Crippen LogP contribution in [0, 0.1) is 0 Å². The molecular formula is C4H24N4O2. The van der Waals surface area contributed by atoms with Crippen LogP contribution in [0.5, 0.6) is 0 Å². The molecule has 0 saturated carbocycles. The molecule has 14 N–H and O–H groups in total. The predicted molar refractivity (Wildman–Crippen MR) is 45.6 cm³/mol. The summed E-state index contributed by atoms with van der Waals surface area (Å²) >= 11 is 0. The van der Waals surface area contributed by atoms with Gasteiger partial charge in [0.05, 0.1) is 0 Å². The van der Waals surface area contributed by atoms with Gasteiger partial charge in [0.25, 0.3) is 0 Å². The number of hydrogen-bond acceptors (Lipinski definition) is 6. The number of aliphatic hydroxyl groups excluding tert-OH is 2. The minimum atomic E-state index is 0. The fourth-order valence-corrected chi connectivity index (χ4v) is 0. The van der Waals surface area contributed by atoms with Crippen LogP contribution in [0.15, 0.2) is 0 Å². The van der Waals surface area contributed by atoms with Crippen molar-refractivity contribution in [3.63, 3.8) is 0 Å². The van der Waals surface area contributed by atoms with Gasteiger partial charge >= 0.3 is 0 Å². The van der Waals surface area contributed by atoms with Gasteiger partial charge in [-0.15, -0.1) is 0 Å². The Kier molecular flexibility index (Phi) is 902. The first-order valence-electron chi connectivity index (χ1n) is 2.05. The summed E-state index contributed by atoms with van der Waals surface area (Å²) in [4.78, 5) is 0. The lowest BCUT2D eigenvalue weighted by atomic mass is 10.9. The molecule has 0 amide bonds. The van der Waals surface area contributed by atoms with Gasteiger partial charge in [-0.3, -0.25) is 0 Å². The Morgan fingerprint density at radius 1 is 0.700 bits per heavy atom. The van der Waals surface area contributed by atoms with Gasteiger partial charge in [0.1, 0.15) is 0 Å². The van der Waals surface area contributed by atoms with Gasteiger partial charge < -0.3 is 34.8 Å². The smallest absolute Gasteiger partial charge is 0.0402 e. The molecule has 72 valence electrons. The Morgan fingerprint density at radius 2 is 0.700 bits per heavy atom. The molecule has 0 rings (SSSR count). The van der Waals surface area contributed by atoms with Crippen LogP contribution >= 0.6 is 0 Å². The molecule has 0 aliphatic heterocycles. The molecule has 0 fully saturated rings. The van der Waals surface area contributed by atoms with Crippen LogP contribution in [-0.4, -0.2) is 23.4 Å². The summed E-state index contributed by atoms with van der Waals surface area (Å²) in [5, 5.41) is 15.1. The second-order valence-electron chi connectivity index (χ2n) is 0.632. The highest BCUT2D eigenvalue weighted by Crippen LogP contribution is 1.30. The van der Waals surface area contributed by atoms with E-state index in [2.05, 4.69) is 0 Å². The molecule has 0 aromatic carbocycles. The first-order valence-corrected chi connectivity index (χ1v) is 2.05. The largest absolute Gasteiger partial charge is 0.397 e. The van der Waals surface area contributed by atoms with Crippen molar-refractivity contribution >= 4 is 0 Å². The van der Waals surface area contributed by atoms with E-state index >= 15 is 0 Å². The Morgan fingerprint density at radius 3 is 0.700 bits per heavy atom. The second kappa shape index (κ2) is 170. The third-order valence-corrected chi connectivity index (χ3v) is 0. The first kappa shape index (κ1) is 53.0. The number of aliphatic hydroxyl groups is 2. The lowest BCUT2D eigenvalue weighted by molar-refractivity contribution is 0.318. The van der Waals surface area contributed by atoms with Crippen molar-refractivity contribution in [2.45, 2.75) is 13.8 Å². The van der Waals surface area contributed by atoms with Crippen molar-refractivity contribution in [2.24, 2.45) is 0 Å². The molecule has 0 unspecified atom stereocenters. The first-order chi connectivity index (χ1) is 2.83. The highest BCUT2D eigenvalue weighted by atomic mass is 16.3. The van der Waals surface area contributed by atoms with Gasteiger partial charge in [-0.25, -0.2) is 0 Å². The lowest BCUT2D eigenvalue weighted by Crippen LogP contribution is -1.57. The third kappa shape index (κ3) is 6160. The summed E-state index contributed by atoms with van der Waals surface area (Å²) in [5.74, 6) is 0. The average Bonchev–Trinajstić information content (AvgIpc) is 1.39. The zero-order valence-electron chi connectivity index (χ0n) is 7.14. The molecule has 6 nitrogen and oxygen atoms in total. The zero-order valence-corrected chi connectivity index (χ0v) is 7.14. The Bertz CT molecular complexity index is 17.2. The van der Waals surface area contributed by atoms with Crippen molar-refractivity contribution in [2.75, 3.05) is 13.2 Å². The lowest BCUT2D eigenvalue weighted by Gasteiger charge is -1.52. The van der Waals surface area contributed by atoms with Crippen LogP contribution in [0.25, 0.3) is 0 Å². The Labute approximate surface area is 63.0 Å². The van der Waals surface area contributed by atoms with Crippen LogP contribution in [0.1, 0.15) is 13.8 Å². The molecule has 10 heavy (non-hydrogen) atoms. The van der Waals surface area contributed by atoms with Crippen molar-refractivity contribution in [1.82, 2.24) is 24.6 Å². The van der Waals surface area contributed by atoms with E-state index < -0.39 is 0 Å². The highest BCUT2D eigenvalue weighted by molar-refractivity contribution is 3.84. The van der Waals surface area contributed by atoms with E-state index in [4.69, 9.17) is 10.2 Å². The van der Waals surface area contributed by atoms with Crippen LogP contribution in [-0.2, 0) is 0 Å². The maximum Gasteiger partial charge on any atom is 0.0402 e. The summed E-state index contributed by atoms with van der Waals surface area (Å²) in [6, 6.07) is 0. The molecule has 0 aliphatic rings. The van der Waals surface area contributed by atoms with Crippen LogP contribution < -0.4 is 24.6 Å². The van der Waals surface area contributed by atoms with Crippen LogP contribution in [0.3, 0.4) is 0 Å². The molecule has 0 aromatic heterocycles. The molecule has 0 atom stereocenters. The molecular weight excluding hydrogens is 136 g/mol. The SMILES string of the molecule is CCO.CCO.N.N.N.N. The average molecular weight is 160 g/mol. The fourth-order valence-electron chi connectivity index (χ4n) is 0. The molecule has 0 bridgehead atoms. The molecule has 0 heterocycles. The normalized spacial score (nSPS) is 3.60. The Hall–Kier alpha value is -0.240. The monoisotopic (exact) mass is 160 g/mol. The molecule has 0 spiro atoms. The standard InChI is InChI=1S/2C2H6O.4H3N/c2*1-2-3;;;;/h2*3H,2H2,1H3;4*1H3. The summed E-state index contributed by atoms with van der Waals surface area (Å²) in [6.45, 7) is 3.86. The summed E-state index contributed by atoms with van der Waals surface area (Å²) in [5.41, 5.74) is 0. The summed E-state index contributed by atoms with van der Waals surface area (Å²) < 4.78 is 0. The maximum absolute atomic E-state index is 7.57. The quantitative estimate of drug-likeness (QED) is 0.302. The van der Waals surface area contributed by atoms with Gasteiger partial charge in [-0.1, -0.05) is 0 Å². The van der Waals surface area contributed by atoms with E-state index in [0.717, 1.165) is 0 Å². The van der Waals surface area contributed by atoms with Gasteiger partial charge in [-0.2, -0.15) is 0 Å². The summed E-state index contributed by atoms with van der Waals surface area (Å²) in [6.07, 6.45) is 0. The topological polar surface area (TPSA) is 180 Å². The fraction of sp³-hybridized carbons (Fsp3) is 1.00. The van der Waals surface area contributed by atoms with Gasteiger partial charge in [0.2, 0.25) is 0 Å². The van der Waals surface area contributed by atoms with Crippen molar-refractivity contribution in [3.05, 3.63) is 0 Å². The van der Waals surface area contributed by atoms with E-state index in [0.29, 0.717) is 0 Å². The maximum atomic E-state index is 7.57. The predicted octanol–water partition coefficient (Wildman–Crippen LogP) is 0.645. The van der Waals surface area contributed by atoms with E-state index in [1.54, 1.807) is 13.8 Å². The van der Waals surface area contributed by atoms with E-state index in [1.165, 1.54) is 0 Å². The summed E-state index contributed by atoms with van der Waals surface area (Å²) in [7, 11) is 0. The number of rotatable bonds is 0. The number of hydrogen-bond donors (Lipinski definition) is 6. The molecule has 6 heteroatoms. The molecule has 0 saturated heterocycles. The van der Waals surface area contributed by atoms with E-state index in [1.807, 2.05) is 0 Å². The van der Waals surface area contributed by atoms with Gasteiger partial charge in [0.15, 0.2) is 0 Å². The Balaban J connectivity index is -0.00000000571. The van der Waals surface area contributed by atoms with Gasteiger partial charge in [0, 0.05) is 13.2 Å². The zero-order chi connectivity index (χ0) is 5.41. The second-order valence-corrected chi connectivity index (χ2v) is 0.632. The van der Waals surface area contributed by atoms with Gasteiger partial charge in [-0.05, 0) is 13.8 Å². The van der Waals surface area contributed by atoms with E-state index in [9.17, 15) is 0 Å². The minimum Gasteiger partial charge on any atom is -0.397 e. The third-order valence-electron chi connectivity index (χ3n) is 0.